The van der Waals surface area contributed by atoms with Crippen LogP contribution in [0.2, 0.25) is 0 Å². The maximum Gasteiger partial charge on any atom is 0.258 e. The number of nitrogens with one attached hydrogen (secondary N) is 3. The third-order valence-corrected chi connectivity index (χ3v) is 3.81. The van der Waals surface area contributed by atoms with E-state index in [1.165, 1.54) is 0 Å². The highest BCUT2D eigenvalue weighted by Gasteiger charge is 2.11. The van der Waals surface area contributed by atoms with Gasteiger partial charge in [-0.05, 0) is 53.4 Å². The second-order valence-corrected chi connectivity index (χ2v) is 5.96. The van der Waals surface area contributed by atoms with E-state index in [4.69, 9.17) is 12.2 Å². The molecule has 0 atom stereocenters. The van der Waals surface area contributed by atoms with Gasteiger partial charge < -0.3 is 0 Å². The van der Waals surface area contributed by atoms with Gasteiger partial charge in [-0.1, -0.05) is 31.9 Å². The van der Waals surface area contributed by atoms with Gasteiger partial charge in [0.1, 0.15) is 0 Å². The highest BCUT2D eigenvalue weighted by molar-refractivity contribution is 14.1. The van der Waals surface area contributed by atoms with Gasteiger partial charge >= 0.3 is 0 Å². The molecule has 7 heteroatoms. The standard InChI is InChI=1S/C14H18IN3O2S/c1-2-3-4-9-12(19)17-18-14(21)16-13(20)10-7-5-6-8-11(10)15/h5-8H,2-4,9H2,1H3,(H,17,19)(H2,16,18,20,21). The first kappa shape index (κ1) is 17.8. The van der Waals surface area contributed by atoms with Gasteiger partial charge in [-0.3, -0.25) is 25.8 Å². The van der Waals surface area contributed by atoms with Crippen molar-refractivity contribution in [3.05, 3.63) is 33.4 Å². The molecule has 2 amide bonds. The van der Waals surface area contributed by atoms with Gasteiger partial charge in [-0.2, -0.15) is 0 Å². The molecule has 0 unspecified atom stereocenters. The summed E-state index contributed by atoms with van der Waals surface area (Å²) in [4.78, 5) is 23.5. The van der Waals surface area contributed by atoms with Gasteiger partial charge in [0.15, 0.2) is 5.11 Å². The van der Waals surface area contributed by atoms with Crippen molar-refractivity contribution in [2.24, 2.45) is 0 Å². The molecule has 5 nitrogen and oxygen atoms in total. The lowest BCUT2D eigenvalue weighted by molar-refractivity contribution is -0.121. The third-order valence-electron chi connectivity index (χ3n) is 2.67. The van der Waals surface area contributed by atoms with Crippen LogP contribution >= 0.6 is 34.8 Å². The average molecular weight is 419 g/mol. The molecule has 114 valence electrons. The molecule has 0 aliphatic heterocycles. The summed E-state index contributed by atoms with van der Waals surface area (Å²) in [6.07, 6.45) is 3.35. The van der Waals surface area contributed by atoms with Crippen LogP contribution in [0.4, 0.5) is 0 Å². The minimum atomic E-state index is -0.308. The Hall–Kier alpha value is -1.22. The number of rotatable bonds is 5. The van der Waals surface area contributed by atoms with E-state index in [9.17, 15) is 9.59 Å². The van der Waals surface area contributed by atoms with Crippen molar-refractivity contribution in [1.29, 1.82) is 0 Å². The van der Waals surface area contributed by atoms with Crippen molar-refractivity contribution < 1.29 is 9.59 Å². The van der Waals surface area contributed by atoms with Gasteiger partial charge in [0.25, 0.3) is 5.91 Å². The first-order valence-electron chi connectivity index (χ1n) is 6.69. The van der Waals surface area contributed by atoms with Gasteiger partial charge in [0, 0.05) is 9.99 Å². The van der Waals surface area contributed by atoms with Crippen LogP contribution in [0.25, 0.3) is 0 Å². The normalized spacial score (nSPS) is 9.81. The maximum absolute atomic E-state index is 12.0. The van der Waals surface area contributed by atoms with E-state index in [-0.39, 0.29) is 16.9 Å². The number of hydrogen-bond donors (Lipinski definition) is 3. The summed E-state index contributed by atoms with van der Waals surface area (Å²) in [6.45, 7) is 2.08. The molecule has 3 N–H and O–H groups in total. The molecule has 0 fully saturated rings. The number of carbonyl (C=O) groups is 2. The van der Waals surface area contributed by atoms with Crippen LogP contribution < -0.4 is 16.2 Å². The van der Waals surface area contributed by atoms with Crippen molar-refractivity contribution in [2.75, 3.05) is 0 Å². The minimum absolute atomic E-state index is 0.0727. The van der Waals surface area contributed by atoms with Crippen molar-refractivity contribution >= 4 is 51.7 Å². The summed E-state index contributed by atoms with van der Waals surface area (Å²) in [7, 11) is 0. The third kappa shape index (κ3) is 6.85. The lowest BCUT2D eigenvalue weighted by Gasteiger charge is -2.11. The zero-order valence-corrected chi connectivity index (χ0v) is 14.7. The van der Waals surface area contributed by atoms with E-state index in [1.54, 1.807) is 12.1 Å². The topological polar surface area (TPSA) is 70.2 Å². The van der Waals surface area contributed by atoms with Crippen LogP contribution in [-0.4, -0.2) is 16.9 Å². The fourth-order valence-electron chi connectivity index (χ4n) is 1.57. The highest BCUT2D eigenvalue weighted by atomic mass is 127. The molecule has 0 aromatic heterocycles. The molecular formula is C14H18IN3O2S. The van der Waals surface area contributed by atoms with E-state index in [0.29, 0.717) is 12.0 Å². The van der Waals surface area contributed by atoms with Crippen LogP contribution in [0.15, 0.2) is 24.3 Å². The smallest absolute Gasteiger partial charge is 0.258 e. The van der Waals surface area contributed by atoms with Gasteiger partial charge in [0.05, 0.1) is 5.56 Å². The Morgan fingerprint density at radius 1 is 1.19 bits per heavy atom. The molecule has 0 heterocycles. The molecule has 1 rings (SSSR count). The molecule has 0 saturated carbocycles. The largest absolute Gasteiger partial charge is 0.298 e. The van der Waals surface area contributed by atoms with E-state index in [1.807, 2.05) is 12.1 Å². The molecule has 21 heavy (non-hydrogen) atoms. The second kappa shape index (κ2) is 9.67. The average Bonchev–Trinajstić information content (AvgIpc) is 2.46. The van der Waals surface area contributed by atoms with E-state index >= 15 is 0 Å². The Labute approximate surface area is 143 Å². The van der Waals surface area contributed by atoms with Crippen LogP contribution in [0.3, 0.4) is 0 Å². The summed E-state index contributed by atoms with van der Waals surface area (Å²) in [5, 5.41) is 2.59. The number of unbranched alkanes of at least 4 members (excludes halogenated alkanes) is 2. The molecule has 0 bridgehead atoms. The summed E-state index contributed by atoms with van der Waals surface area (Å²) >= 11 is 7.05. The van der Waals surface area contributed by atoms with Crippen LogP contribution in [0.5, 0.6) is 0 Å². The SMILES string of the molecule is CCCCCC(=O)NNC(=S)NC(=O)c1ccccc1I. The van der Waals surface area contributed by atoms with Crippen LogP contribution in [0, 0.1) is 3.57 Å². The zero-order valence-electron chi connectivity index (χ0n) is 11.7. The second-order valence-electron chi connectivity index (χ2n) is 4.39. The molecule has 0 aliphatic carbocycles. The summed E-state index contributed by atoms with van der Waals surface area (Å²) in [6, 6.07) is 7.18. The van der Waals surface area contributed by atoms with E-state index in [2.05, 4.69) is 45.7 Å². The van der Waals surface area contributed by atoms with Crippen molar-refractivity contribution in [1.82, 2.24) is 16.2 Å². The molecular weight excluding hydrogens is 401 g/mol. The molecule has 0 saturated heterocycles. The van der Waals surface area contributed by atoms with Crippen molar-refractivity contribution in [2.45, 2.75) is 32.6 Å². The predicted octanol–water partition coefficient (Wildman–Crippen LogP) is 2.51. The number of halogens is 1. The fourth-order valence-corrected chi connectivity index (χ4v) is 2.35. The number of carbonyl (C=O) groups excluding carboxylic acids is 2. The van der Waals surface area contributed by atoms with Gasteiger partial charge in [0.2, 0.25) is 5.91 Å². The van der Waals surface area contributed by atoms with Gasteiger partial charge in [-0.25, -0.2) is 0 Å². The summed E-state index contributed by atoms with van der Waals surface area (Å²) in [5.41, 5.74) is 5.53. The molecule has 0 spiro atoms. The lowest BCUT2D eigenvalue weighted by Crippen LogP contribution is -2.48. The number of hydrazine groups is 1. The van der Waals surface area contributed by atoms with Crippen LogP contribution in [-0.2, 0) is 4.79 Å². The summed E-state index contributed by atoms with van der Waals surface area (Å²) < 4.78 is 0.832. The van der Waals surface area contributed by atoms with E-state index in [0.717, 1.165) is 22.8 Å². The number of benzene rings is 1. The number of thiocarbonyl (C=S) groups is 1. The highest BCUT2D eigenvalue weighted by Crippen LogP contribution is 2.10. The van der Waals surface area contributed by atoms with Crippen molar-refractivity contribution in [3.8, 4) is 0 Å². The van der Waals surface area contributed by atoms with Crippen molar-refractivity contribution in [3.63, 3.8) is 0 Å². The van der Waals surface area contributed by atoms with Gasteiger partial charge in [-0.15, -0.1) is 0 Å². The molecule has 1 aromatic carbocycles. The Morgan fingerprint density at radius 3 is 2.57 bits per heavy atom. The van der Waals surface area contributed by atoms with E-state index < -0.39 is 0 Å². The fraction of sp³-hybridized carbons (Fsp3) is 0.357. The summed E-state index contributed by atoms with van der Waals surface area (Å²) in [5.74, 6) is -0.452. The first-order chi connectivity index (χ1) is 10.0. The number of amides is 2. The predicted molar refractivity (Wildman–Crippen MR) is 94.6 cm³/mol. The molecule has 1 aromatic rings. The monoisotopic (exact) mass is 419 g/mol. The number of hydrogen-bond acceptors (Lipinski definition) is 3. The quantitative estimate of drug-likeness (QED) is 0.297. The first-order valence-corrected chi connectivity index (χ1v) is 8.18. The Morgan fingerprint density at radius 2 is 1.90 bits per heavy atom. The lowest BCUT2D eigenvalue weighted by atomic mass is 10.2. The maximum atomic E-state index is 12.0. The molecule has 0 aliphatic rings. The zero-order chi connectivity index (χ0) is 15.7. The minimum Gasteiger partial charge on any atom is -0.298 e. The Kier molecular flexibility index (Phi) is 8.21. The Balaban J connectivity index is 2.35. The Bertz CT molecular complexity index is 523. The molecule has 0 radical (unpaired) electrons. The van der Waals surface area contributed by atoms with Crippen LogP contribution in [0.1, 0.15) is 43.0 Å².